The fraction of sp³-hybridized carbons (Fsp3) is 0.0357. The molecule has 36 heavy (non-hydrogen) atoms. The van der Waals surface area contributed by atoms with Crippen molar-refractivity contribution in [3.8, 4) is 27.3 Å². The number of hydrogen-bond acceptors (Lipinski definition) is 5. The molecular weight excluding hydrogens is 574 g/mol. The molecule has 0 aliphatic heterocycles. The van der Waals surface area contributed by atoms with Gasteiger partial charge in [-0.05, 0) is 64.4 Å². The van der Waals surface area contributed by atoms with Gasteiger partial charge in [-0.25, -0.2) is 4.21 Å². The van der Waals surface area contributed by atoms with E-state index in [1.165, 1.54) is 11.3 Å². The number of carbonyl (C=O) groups excluding carboxylic acids is 1. The smallest absolute Gasteiger partial charge is 0.263 e. The summed E-state index contributed by atoms with van der Waals surface area (Å²) in [6.07, 6.45) is 0. The van der Waals surface area contributed by atoms with Crippen molar-refractivity contribution in [3.05, 3.63) is 117 Å². The molecule has 5 aromatic rings. The highest BCUT2D eigenvalue weighted by atomic mass is 79.9. The van der Waals surface area contributed by atoms with Crippen LogP contribution in [0.2, 0.25) is 0 Å². The molecule has 0 fully saturated rings. The molecule has 1 unspecified atom stereocenters. The Kier molecular flexibility index (Phi) is 7.77. The van der Waals surface area contributed by atoms with Gasteiger partial charge in [-0.2, -0.15) is 0 Å². The fourth-order valence-electron chi connectivity index (χ4n) is 3.65. The van der Waals surface area contributed by atoms with Crippen LogP contribution in [-0.4, -0.2) is 10.1 Å². The molecule has 8 heteroatoms. The second-order valence-electron chi connectivity index (χ2n) is 7.79. The molecule has 1 atom stereocenters. The first-order chi connectivity index (χ1) is 17.6. The highest BCUT2D eigenvalue weighted by Crippen LogP contribution is 2.42. The van der Waals surface area contributed by atoms with Crippen molar-refractivity contribution in [1.29, 1.82) is 0 Å². The molecule has 0 aliphatic rings. The maximum atomic E-state index is 12.6. The molecule has 5 rings (SSSR count). The fourth-order valence-corrected chi connectivity index (χ4v) is 6.61. The molecule has 1 N–H and O–H groups in total. The third-order valence-corrected chi connectivity index (χ3v) is 9.14. The van der Waals surface area contributed by atoms with Crippen molar-refractivity contribution in [1.82, 2.24) is 4.72 Å². The first-order valence-electron chi connectivity index (χ1n) is 11.0. The molecule has 4 nitrogen and oxygen atoms in total. The SMILES string of the molecule is O=C(NS(=O)c1cccs1)c1ccc(-c2sccc2-c2cc(Br)ccc2OCc2ccccc2)cc1. The van der Waals surface area contributed by atoms with E-state index in [1.54, 1.807) is 35.6 Å². The van der Waals surface area contributed by atoms with Gasteiger partial charge in [0, 0.05) is 26.0 Å². The van der Waals surface area contributed by atoms with E-state index in [0.717, 1.165) is 37.4 Å². The van der Waals surface area contributed by atoms with Crippen molar-refractivity contribution >= 4 is 55.5 Å². The van der Waals surface area contributed by atoms with Gasteiger partial charge in [-0.1, -0.05) is 64.5 Å². The van der Waals surface area contributed by atoms with E-state index in [1.807, 2.05) is 60.0 Å². The standard InChI is InChI=1S/C28H20BrNO3S3/c29-22-12-13-25(33-18-19-5-2-1-3-6-19)24(17-22)23-14-16-35-27(23)20-8-10-21(11-9-20)28(31)30-36(32)26-7-4-15-34-26/h1-17H,18H2,(H,30,31). The lowest BCUT2D eigenvalue weighted by molar-refractivity contribution is 0.0983. The Hall–Kier alpha value is -3.04. The summed E-state index contributed by atoms with van der Waals surface area (Å²) in [5.41, 5.74) is 4.59. The average Bonchev–Trinajstić information content (AvgIpc) is 3.61. The Morgan fingerprint density at radius 1 is 0.861 bits per heavy atom. The molecular formula is C28H20BrNO3S3. The van der Waals surface area contributed by atoms with Gasteiger partial charge in [-0.3, -0.25) is 9.52 Å². The van der Waals surface area contributed by atoms with Crippen LogP contribution in [-0.2, 0) is 17.6 Å². The second-order valence-corrected chi connectivity index (χ2v) is 12.0. The molecule has 0 aliphatic carbocycles. The minimum absolute atomic E-state index is 0.372. The zero-order chi connectivity index (χ0) is 24.9. The molecule has 180 valence electrons. The number of amides is 1. The number of ether oxygens (including phenoxy) is 1. The molecule has 0 bridgehead atoms. The number of hydrogen-bond donors (Lipinski definition) is 1. The monoisotopic (exact) mass is 593 g/mol. The summed E-state index contributed by atoms with van der Waals surface area (Å²) in [4.78, 5) is 13.7. The van der Waals surface area contributed by atoms with Crippen LogP contribution < -0.4 is 9.46 Å². The van der Waals surface area contributed by atoms with Gasteiger partial charge in [0.25, 0.3) is 5.91 Å². The van der Waals surface area contributed by atoms with Crippen molar-refractivity contribution in [3.63, 3.8) is 0 Å². The number of nitrogens with one attached hydrogen (secondary N) is 1. The third kappa shape index (κ3) is 5.68. The van der Waals surface area contributed by atoms with Gasteiger partial charge in [0.1, 0.15) is 16.6 Å². The predicted octanol–water partition coefficient (Wildman–Crippen LogP) is 7.94. The number of benzene rings is 3. The highest BCUT2D eigenvalue weighted by molar-refractivity contribution is 9.10. The van der Waals surface area contributed by atoms with Crippen LogP contribution in [0, 0.1) is 0 Å². The molecule has 2 aromatic heterocycles. The molecule has 3 aromatic carbocycles. The van der Waals surface area contributed by atoms with Crippen LogP contribution in [0.3, 0.4) is 0 Å². The zero-order valence-electron chi connectivity index (χ0n) is 18.8. The van der Waals surface area contributed by atoms with Crippen molar-refractivity contribution in [2.45, 2.75) is 10.8 Å². The summed E-state index contributed by atoms with van der Waals surface area (Å²) in [6.45, 7) is 0.478. The quantitative estimate of drug-likeness (QED) is 0.199. The molecule has 0 spiro atoms. The number of rotatable bonds is 8. The number of halogens is 1. The number of thiophene rings is 2. The zero-order valence-corrected chi connectivity index (χ0v) is 22.9. The van der Waals surface area contributed by atoms with Crippen molar-refractivity contribution in [2.24, 2.45) is 0 Å². The van der Waals surface area contributed by atoms with Gasteiger partial charge < -0.3 is 4.74 Å². The van der Waals surface area contributed by atoms with Crippen molar-refractivity contribution in [2.75, 3.05) is 0 Å². The Morgan fingerprint density at radius 2 is 1.67 bits per heavy atom. The van der Waals surface area contributed by atoms with Gasteiger partial charge in [0.05, 0.1) is 0 Å². The molecule has 0 saturated heterocycles. The summed E-state index contributed by atoms with van der Waals surface area (Å²) in [5.74, 6) is 0.428. The molecule has 0 radical (unpaired) electrons. The molecule has 0 saturated carbocycles. The third-order valence-electron chi connectivity index (χ3n) is 5.41. The predicted molar refractivity (Wildman–Crippen MR) is 152 cm³/mol. The maximum Gasteiger partial charge on any atom is 0.263 e. The van der Waals surface area contributed by atoms with Gasteiger partial charge in [0.15, 0.2) is 11.0 Å². The first kappa shape index (κ1) is 24.6. The van der Waals surface area contributed by atoms with Gasteiger partial charge in [-0.15, -0.1) is 22.7 Å². The Bertz CT molecular complexity index is 1500. The topological polar surface area (TPSA) is 55.4 Å². The largest absolute Gasteiger partial charge is 0.488 e. The van der Waals surface area contributed by atoms with E-state index in [0.29, 0.717) is 16.4 Å². The van der Waals surface area contributed by atoms with E-state index in [2.05, 4.69) is 38.2 Å². The average molecular weight is 595 g/mol. The lowest BCUT2D eigenvalue weighted by Crippen LogP contribution is -2.25. The van der Waals surface area contributed by atoms with Crippen LogP contribution in [0.5, 0.6) is 5.75 Å². The Labute approximate surface area is 228 Å². The van der Waals surface area contributed by atoms with E-state index < -0.39 is 11.0 Å². The summed E-state index contributed by atoms with van der Waals surface area (Å²) in [6, 6.07) is 29.1. The lowest BCUT2D eigenvalue weighted by Gasteiger charge is -2.13. The van der Waals surface area contributed by atoms with Gasteiger partial charge >= 0.3 is 0 Å². The molecule has 2 heterocycles. The van der Waals surface area contributed by atoms with E-state index in [4.69, 9.17) is 4.74 Å². The normalized spacial score (nSPS) is 11.7. The first-order valence-corrected chi connectivity index (χ1v) is 14.7. The van der Waals surface area contributed by atoms with E-state index in [-0.39, 0.29) is 5.91 Å². The minimum atomic E-state index is -1.56. The molecule has 1 amide bonds. The van der Waals surface area contributed by atoms with Crippen LogP contribution in [0.1, 0.15) is 15.9 Å². The lowest BCUT2D eigenvalue weighted by atomic mass is 10.0. The van der Waals surface area contributed by atoms with E-state index >= 15 is 0 Å². The van der Waals surface area contributed by atoms with Crippen LogP contribution in [0.4, 0.5) is 0 Å². The Morgan fingerprint density at radius 3 is 2.42 bits per heavy atom. The highest BCUT2D eigenvalue weighted by Gasteiger charge is 2.16. The summed E-state index contributed by atoms with van der Waals surface area (Å²) in [7, 11) is -1.56. The minimum Gasteiger partial charge on any atom is -0.488 e. The van der Waals surface area contributed by atoms with Crippen LogP contribution >= 0.6 is 38.6 Å². The maximum absolute atomic E-state index is 12.6. The van der Waals surface area contributed by atoms with Gasteiger partial charge in [0.2, 0.25) is 0 Å². The van der Waals surface area contributed by atoms with Crippen LogP contribution in [0.25, 0.3) is 21.6 Å². The van der Waals surface area contributed by atoms with Crippen molar-refractivity contribution < 1.29 is 13.7 Å². The number of carbonyl (C=O) groups is 1. The second kappa shape index (κ2) is 11.3. The van der Waals surface area contributed by atoms with Crippen LogP contribution in [0.15, 0.2) is 110 Å². The summed E-state index contributed by atoms with van der Waals surface area (Å²) in [5, 5.41) is 3.88. The van der Waals surface area contributed by atoms with E-state index in [9.17, 15) is 9.00 Å². The summed E-state index contributed by atoms with van der Waals surface area (Å²) < 4.78 is 22.7. The Balaban J connectivity index is 1.38. The summed E-state index contributed by atoms with van der Waals surface area (Å²) >= 11 is 6.57.